The molecule has 0 aliphatic rings. The Kier molecular flexibility index (Phi) is 64.4. The summed E-state index contributed by atoms with van der Waals surface area (Å²) in [6.07, 6.45) is 82.4. The summed E-state index contributed by atoms with van der Waals surface area (Å²) in [6, 6.07) is -0.537. The average Bonchev–Trinajstić information content (AvgIpc) is 3.42. The highest BCUT2D eigenvalue weighted by Gasteiger charge is 2.20. The van der Waals surface area contributed by atoms with E-state index in [2.05, 4.69) is 43.5 Å². The summed E-state index contributed by atoms with van der Waals surface area (Å²) in [7, 11) is 0. The molecule has 2 atom stereocenters. The summed E-state index contributed by atoms with van der Waals surface area (Å²) < 4.78 is 5.50. The van der Waals surface area contributed by atoms with Crippen molar-refractivity contribution in [3.05, 3.63) is 24.3 Å². The Morgan fingerprint density at radius 2 is 0.618 bits per heavy atom. The van der Waals surface area contributed by atoms with Gasteiger partial charge in [-0.1, -0.05) is 321 Å². The molecule has 0 radical (unpaired) electrons. The highest BCUT2D eigenvalue weighted by molar-refractivity contribution is 5.76. The zero-order chi connectivity index (χ0) is 55.0. The highest BCUT2D eigenvalue weighted by atomic mass is 16.5. The Balaban J connectivity index is 3.32. The lowest BCUT2D eigenvalue weighted by Gasteiger charge is -2.22. The van der Waals surface area contributed by atoms with Gasteiger partial charge in [-0.15, -0.1) is 0 Å². The van der Waals surface area contributed by atoms with Gasteiger partial charge in [-0.25, -0.2) is 0 Å². The Hall–Kier alpha value is -1.66. The second-order valence-corrected chi connectivity index (χ2v) is 23.9. The maximum atomic E-state index is 12.4. The molecule has 450 valence electrons. The number of aliphatic hydroxyl groups excluding tert-OH is 2. The fourth-order valence-electron chi connectivity index (χ4n) is 10.9. The van der Waals surface area contributed by atoms with E-state index in [1.54, 1.807) is 0 Å². The van der Waals surface area contributed by atoms with Crippen LogP contribution in [0.4, 0.5) is 0 Å². The number of amides is 1. The van der Waals surface area contributed by atoms with Crippen LogP contribution in [-0.2, 0) is 14.3 Å². The zero-order valence-corrected chi connectivity index (χ0v) is 51.5. The average molecular weight is 1070 g/mol. The van der Waals surface area contributed by atoms with E-state index in [1.165, 1.54) is 308 Å². The molecule has 0 saturated carbocycles. The molecular weight excluding hydrogens is 935 g/mol. The van der Waals surface area contributed by atoms with Gasteiger partial charge < -0.3 is 20.3 Å². The Morgan fingerprint density at radius 3 is 0.934 bits per heavy atom. The lowest BCUT2D eigenvalue weighted by atomic mass is 10.0. The van der Waals surface area contributed by atoms with Gasteiger partial charge in [-0.3, -0.25) is 9.59 Å². The second-order valence-electron chi connectivity index (χ2n) is 23.9. The molecule has 0 spiro atoms. The molecule has 1 amide bonds. The van der Waals surface area contributed by atoms with Crippen molar-refractivity contribution in [2.45, 2.75) is 398 Å². The first-order valence-electron chi connectivity index (χ1n) is 34.6. The van der Waals surface area contributed by atoms with Crippen molar-refractivity contribution in [3.63, 3.8) is 0 Å². The molecular formula is C70H135NO5. The molecule has 3 N–H and O–H groups in total. The van der Waals surface area contributed by atoms with Crippen LogP contribution < -0.4 is 5.32 Å². The quantitative estimate of drug-likeness (QED) is 0.0320. The predicted molar refractivity (Wildman–Crippen MR) is 333 cm³/mol. The van der Waals surface area contributed by atoms with Gasteiger partial charge in [0.15, 0.2) is 0 Å². The van der Waals surface area contributed by atoms with Crippen LogP contribution in [0, 0.1) is 0 Å². The molecule has 2 unspecified atom stereocenters. The molecule has 0 rings (SSSR count). The van der Waals surface area contributed by atoms with E-state index in [1.807, 2.05) is 0 Å². The molecule has 0 aliphatic heterocycles. The van der Waals surface area contributed by atoms with Gasteiger partial charge in [0.2, 0.25) is 5.91 Å². The van der Waals surface area contributed by atoms with Crippen LogP contribution in [0.25, 0.3) is 0 Å². The smallest absolute Gasteiger partial charge is 0.305 e. The summed E-state index contributed by atoms with van der Waals surface area (Å²) in [5, 5.41) is 23.2. The molecule has 0 aliphatic carbocycles. The molecule has 76 heavy (non-hydrogen) atoms. The van der Waals surface area contributed by atoms with E-state index in [9.17, 15) is 19.8 Å². The third kappa shape index (κ3) is 61.6. The summed E-state index contributed by atoms with van der Waals surface area (Å²) in [6.45, 7) is 4.96. The Labute approximate surface area is 475 Å². The topological polar surface area (TPSA) is 95.9 Å². The van der Waals surface area contributed by atoms with Crippen LogP contribution in [0.3, 0.4) is 0 Å². The minimum absolute atomic E-state index is 0.0154. The molecule has 0 aromatic rings. The minimum Gasteiger partial charge on any atom is -0.466 e. The van der Waals surface area contributed by atoms with Gasteiger partial charge in [0.05, 0.1) is 25.4 Å². The third-order valence-corrected chi connectivity index (χ3v) is 16.2. The number of ether oxygens (including phenoxy) is 1. The lowest BCUT2D eigenvalue weighted by Crippen LogP contribution is -2.45. The molecule has 0 heterocycles. The number of hydrogen-bond donors (Lipinski definition) is 3. The summed E-state index contributed by atoms with van der Waals surface area (Å²) in [5.74, 6) is -0.0170. The van der Waals surface area contributed by atoms with Gasteiger partial charge in [0.25, 0.3) is 0 Å². The van der Waals surface area contributed by atoms with Gasteiger partial charge in [-0.2, -0.15) is 0 Å². The van der Waals surface area contributed by atoms with Crippen LogP contribution in [0.15, 0.2) is 24.3 Å². The van der Waals surface area contributed by atoms with Gasteiger partial charge in [0, 0.05) is 12.8 Å². The molecule has 0 aromatic carbocycles. The predicted octanol–water partition coefficient (Wildman–Crippen LogP) is 22.1. The Bertz CT molecular complexity index is 1190. The standard InChI is InChI=1S/C70H135NO5/c1-3-5-7-9-11-13-15-16-17-34-38-41-44-48-52-56-60-64-70(75)76-65-61-57-53-49-45-42-39-36-33-31-29-27-25-23-21-19-18-20-22-24-26-28-30-32-35-37-40-43-47-51-55-59-63-69(74)71-67(66-72)68(73)62-58-54-50-46-14-12-10-8-6-4-2/h16-17,21,23,67-68,72-73H,3-15,18-20,22,24-66H2,1-2H3,(H,71,74)/b17-16-,23-21-. The van der Waals surface area contributed by atoms with Crippen molar-refractivity contribution < 1.29 is 24.5 Å². The molecule has 6 heteroatoms. The van der Waals surface area contributed by atoms with Crippen LogP contribution in [0.5, 0.6) is 0 Å². The van der Waals surface area contributed by atoms with E-state index >= 15 is 0 Å². The zero-order valence-electron chi connectivity index (χ0n) is 51.5. The fraction of sp³-hybridized carbons (Fsp3) is 0.914. The Morgan fingerprint density at radius 1 is 0.355 bits per heavy atom. The van der Waals surface area contributed by atoms with Crippen molar-refractivity contribution in [1.82, 2.24) is 5.32 Å². The van der Waals surface area contributed by atoms with Gasteiger partial charge in [-0.05, 0) is 77.0 Å². The number of carbonyl (C=O) groups is 2. The summed E-state index contributed by atoms with van der Waals surface area (Å²) >= 11 is 0. The third-order valence-electron chi connectivity index (χ3n) is 16.2. The first-order valence-corrected chi connectivity index (χ1v) is 34.6. The number of esters is 1. The number of carbonyl (C=O) groups excluding carboxylic acids is 2. The van der Waals surface area contributed by atoms with E-state index in [4.69, 9.17) is 4.74 Å². The van der Waals surface area contributed by atoms with E-state index in [-0.39, 0.29) is 18.5 Å². The number of allylic oxidation sites excluding steroid dienone is 4. The van der Waals surface area contributed by atoms with E-state index in [0.29, 0.717) is 25.9 Å². The number of unbranched alkanes of at least 4 members (excludes halogenated alkanes) is 50. The molecule has 0 bridgehead atoms. The van der Waals surface area contributed by atoms with Crippen molar-refractivity contribution in [2.75, 3.05) is 13.2 Å². The van der Waals surface area contributed by atoms with E-state index in [0.717, 1.165) is 44.9 Å². The number of aliphatic hydroxyl groups is 2. The number of nitrogens with one attached hydrogen (secondary N) is 1. The maximum Gasteiger partial charge on any atom is 0.305 e. The van der Waals surface area contributed by atoms with Crippen molar-refractivity contribution in [3.8, 4) is 0 Å². The van der Waals surface area contributed by atoms with Crippen LogP contribution >= 0.6 is 0 Å². The monoisotopic (exact) mass is 1070 g/mol. The van der Waals surface area contributed by atoms with Gasteiger partial charge in [0.1, 0.15) is 0 Å². The molecule has 0 aromatic heterocycles. The lowest BCUT2D eigenvalue weighted by molar-refractivity contribution is -0.143. The number of hydrogen-bond acceptors (Lipinski definition) is 5. The van der Waals surface area contributed by atoms with Gasteiger partial charge >= 0.3 is 5.97 Å². The fourth-order valence-corrected chi connectivity index (χ4v) is 10.9. The molecule has 0 saturated heterocycles. The van der Waals surface area contributed by atoms with Crippen molar-refractivity contribution >= 4 is 11.9 Å². The number of rotatable bonds is 65. The van der Waals surface area contributed by atoms with Crippen molar-refractivity contribution in [2.24, 2.45) is 0 Å². The first-order chi connectivity index (χ1) is 37.5. The maximum absolute atomic E-state index is 12.4. The van der Waals surface area contributed by atoms with Crippen LogP contribution in [0.2, 0.25) is 0 Å². The van der Waals surface area contributed by atoms with Crippen molar-refractivity contribution in [1.29, 1.82) is 0 Å². The largest absolute Gasteiger partial charge is 0.466 e. The minimum atomic E-state index is -0.660. The van der Waals surface area contributed by atoms with E-state index < -0.39 is 12.1 Å². The summed E-state index contributed by atoms with van der Waals surface area (Å²) in [4.78, 5) is 24.5. The highest BCUT2D eigenvalue weighted by Crippen LogP contribution is 2.18. The molecule has 6 nitrogen and oxygen atoms in total. The SMILES string of the molecule is CCCCCCCC/C=C\CCCCCCCCCC(=O)OCCCCCCCCCCCCCC/C=C\CCCCCCCCCCCCCCCCCCC(=O)NC(CO)C(O)CCCCCCCCCCCC. The van der Waals surface area contributed by atoms with Crippen LogP contribution in [-0.4, -0.2) is 47.4 Å². The summed E-state index contributed by atoms with van der Waals surface area (Å²) in [5.41, 5.74) is 0. The second kappa shape index (κ2) is 65.9. The molecule has 0 fully saturated rings. The first kappa shape index (κ1) is 74.3. The van der Waals surface area contributed by atoms with Crippen LogP contribution in [0.1, 0.15) is 386 Å². The normalized spacial score (nSPS) is 12.6.